The molecular weight excluding hydrogens is 291 g/mol. The van der Waals surface area contributed by atoms with E-state index in [0.717, 1.165) is 0 Å². The Labute approximate surface area is 108 Å². The molecule has 1 unspecified atom stereocenters. The van der Waals surface area contributed by atoms with E-state index in [9.17, 15) is 22.8 Å². The Morgan fingerprint density at radius 2 is 1.89 bits per heavy atom. The lowest BCUT2D eigenvalue weighted by atomic mass is 10.1. The van der Waals surface area contributed by atoms with E-state index in [1.54, 1.807) is 17.8 Å². The Balaban J connectivity index is 0.000000224. The zero-order chi connectivity index (χ0) is 14.8. The third-order valence-corrected chi connectivity index (χ3v) is 3.31. The Morgan fingerprint density at radius 3 is 2.21 bits per heavy atom. The van der Waals surface area contributed by atoms with Crippen molar-refractivity contribution in [1.82, 2.24) is 4.90 Å². The van der Waals surface area contributed by atoms with E-state index in [1.807, 2.05) is 0 Å². The van der Waals surface area contributed by atoms with Crippen LogP contribution in [0.1, 0.15) is 6.42 Å². The van der Waals surface area contributed by atoms with Gasteiger partial charge in [0.15, 0.2) is 0 Å². The summed E-state index contributed by atoms with van der Waals surface area (Å²) in [5.74, 6) is -3.16. The summed E-state index contributed by atoms with van der Waals surface area (Å²) in [7, 11) is 0. The lowest BCUT2D eigenvalue weighted by Gasteiger charge is -2.42. The second-order valence-corrected chi connectivity index (χ2v) is 4.66. The number of hydrogen-bond donors (Lipinski definition) is 2. The van der Waals surface area contributed by atoms with Gasteiger partial charge in [0, 0.05) is 5.75 Å². The van der Waals surface area contributed by atoms with Crippen LogP contribution in [0.25, 0.3) is 0 Å². The largest absolute Gasteiger partial charge is 0.490 e. The number of amides is 1. The molecule has 0 aromatic heterocycles. The van der Waals surface area contributed by atoms with Crippen molar-refractivity contribution in [3.8, 4) is 0 Å². The van der Waals surface area contributed by atoms with Gasteiger partial charge in [-0.3, -0.25) is 9.69 Å². The van der Waals surface area contributed by atoms with Crippen LogP contribution in [0.5, 0.6) is 0 Å². The van der Waals surface area contributed by atoms with Crippen molar-refractivity contribution in [2.24, 2.45) is 0 Å². The second kappa shape index (κ2) is 5.51. The molecule has 2 rings (SSSR count). The molecule has 0 spiro atoms. The fourth-order valence-corrected chi connectivity index (χ4v) is 2.45. The van der Waals surface area contributed by atoms with Crippen molar-refractivity contribution in [2.45, 2.75) is 18.0 Å². The molecule has 106 valence electrons. The maximum Gasteiger partial charge on any atom is 0.490 e. The van der Waals surface area contributed by atoms with Gasteiger partial charge < -0.3 is 10.2 Å². The number of halogens is 3. The van der Waals surface area contributed by atoms with E-state index < -0.39 is 18.1 Å². The van der Waals surface area contributed by atoms with Gasteiger partial charge in [0.05, 0.1) is 11.8 Å². The van der Waals surface area contributed by atoms with Crippen molar-refractivity contribution in [3.63, 3.8) is 0 Å². The number of carboxylic acids is 2. The third-order valence-electron chi connectivity index (χ3n) is 2.19. The zero-order valence-electron chi connectivity index (χ0n) is 9.18. The molecule has 0 saturated carbocycles. The fraction of sp³-hybridized carbons (Fsp3) is 0.444. The SMILES string of the molecule is O=C(O)C(F)(F)F.O=C(O)C1=CCSC2CC(=O)N12. The summed E-state index contributed by atoms with van der Waals surface area (Å²) in [5, 5.41) is 15.9. The lowest BCUT2D eigenvalue weighted by molar-refractivity contribution is -0.192. The van der Waals surface area contributed by atoms with Crippen LogP contribution in [0.4, 0.5) is 13.2 Å². The summed E-state index contributed by atoms with van der Waals surface area (Å²) in [6.07, 6.45) is -3.02. The molecule has 6 nitrogen and oxygen atoms in total. The van der Waals surface area contributed by atoms with Gasteiger partial charge in [0.1, 0.15) is 5.70 Å². The molecule has 1 amide bonds. The summed E-state index contributed by atoms with van der Waals surface area (Å²) in [6.45, 7) is 0. The van der Waals surface area contributed by atoms with Crippen molar-refractivity contribution < 1.29 is 37.8 Å². The fourth-order valence-electron chi connectivity index (χ4n) is 1.34. The minimum atomic E-state index is -5.08. The van der Waals surface area contributed by atoms with Crippen LogP contribution < -0.4 is 0 Å². The van der Waals surface area contributed by atoms with Crippen molar-refractivity contribution in [1.29, 1.82) is 0 Å². The van der Waals surface area contributed by atoms with Gasteiger partial charge >= 0.3 is 18.1 Å². The van der Waals surface area contributed by atoms with Gasteiger partial charge in [-0.15, -0.1) is 11.8 Å². The third kappa shape index (κ3) is 3.63. The van der Waals surface area contributed by atoms with E-state index in [-0.39, 0.29) is 17.0 Å². The number of nitrogens with zero attached hydrogens (tertiary/aromatic N) is 1. The summed E-state index contributed by atoms with van der Waals surface area (Å²) < 4.78 is 31.7. The van der Waals surface area contributed by atoms with E-state index in [4.69, 9.17) is 15.0 Å². The van der Waals surface area contributed by atoms with Gasteiger partial charge in [-0.05, 0) is 6.08 Å². The highest BCUT2D eigenvalue weighted by Crippen LogP contribution is 2.36. The molecule has 0 bridgehead atoms. The molecule has 19 heavy (non-hydrogen) atoms. The number of thioether (sulfide) groups is 1. The minimum absolute atomic E-state index is 0.0774. The number of rotatable bonds is 1. The second-order valence-electron chi connectivity index (χ2n) is 3.45. The molecule has 0 aliphatic carbocycles. The number of carbonyl (C=O) groups is 3. The van der Waals surface area contributed by atoms with Crippen LogP contribution in [0.15, 0.2) is 11.8 Å². The number of alkyl halides is 3. The number of carboxylic acid groups (broad SMARTS) is 2. The highest BCUT2D eigenvalue weighted by Gasteiger charge is 2.42. The van der Waals surface area contributed by atoms with Crippen LogP contribution in [0.2, 0.25) is 0 Å². The topological polar surface area (TPSA) is 94.9 Å². The average Bonchev–Trinajstić information content (AvgIpc) is 2.26. The molecule has 2 N–H and O–H groups in total. The van der Waals surface area contributed by atoms with Gasteiger partial charge in [-0.25, -0.2) is 9.59 Å². The summed E-state index contributed by atoms with van der Waals surface area (Å²) in [4.78, 5) is 31.9. The number of aliphatic carboxylic acids is 2. The van der Waals surface area contributed by atoms with Crippen LogP contribution in [-0.4, -0.2) is 50.3 Å². The van der Waals surface area contributed by atoms with Crippen LogP contribution in [-0.2, 0) is 14.4 Å². The first kappa shape index (κ1) is 15.3. The molecule has 0 aromatic carbocycles. The average molecular weight is 299 g/mol. The Morgan fingerprint density at radius 1 is 1.37 bits per heavy atom. The maximum absolute atomic E-state index is 11.0. The van der Waals surface area contributed by atoms with Crippen LogP contribution in [0, 0.1) is 0 Å². The summed E-state index contributed by atoms with van der Waals surface area (Å²) in [5.41, 5.74) is 0.148. The maximum atomic E-state index is 11.0. The first-order valence-electron chi connectivity index (χ1n) is 4.82. The van der Waals surface area contributed by atoms with E-state index in [1.165, 1.54) is 4.90 Å². The Hall–Kier alpha value is -1.71. The monoisotopic (exact) mass is 299 g/mol. The zero-order valence-corrected chi connectivity index (χ0v) is 9.99. The van der Waals surface area contributed by atoms with E-state index in [0.29, 0.717) is 12.2 Å². The van der Waals surface area contributed by atoms with E-state index >= 15 is 0 Å². The van der Waals surface area contributed by atoms with Crippen molar-refractivity contribution >= 4 is 29.6 Å². The summed E-state index contributed by atoms with van der Waals surface area (Å²) >= 11 is 1.60. The molecule has 1 saturated heterocycles. The standard InChI is InChI=1S/C7H7NO3S.C2HF3O2/c9-5-3-6-8(5)4(7(10)11)1-2-12-6;3-2(4,5)1(6)7/h1,6H,2-3H2,(H,10,11);(H,6,7). The quantitative estimate of drug-likeness (QED) is 0.698. The smallest absolute Gasteiger partial charge is 0.477 e. The molecule has 1 fully saturated rings. The molecule has 2 aliphatic heterocycles. The van der Waals surface area contributed by atoms with E-state index in [2.05, 4.69) is 0 Å². The molecular formula is C9H8F3NO5S. The van der Waals surface area contributed by atoms with Gasteiger partial charge in [0.25, 0.3) is 0 Å². The molecule has 1 atom stereocenters. The normalized spacial score (nSPS) is 21.4. The highest BCUT2D eigenvalue weighted by molar-refractivity contribution is 8.00. The van der Waals surface area contributed by atoms with Crippen LogP contribution >= 0.6 is 11.8 Å². The first-order chi connectivity index (χ1) is 8.64. The lowest BCUT2D eigenvalue weighted by Crippen LogP contribution is -2.52. The van der Waals surface area contributed by atoms with Gasteiger partial charge in [-0.2, -0.15) is 13.2 Å². The number of β-lactam (4-membered cyclic amide) rings is 1. The van der Waals surface area contributed by atoms with Crippen molar-refractivity contribution in [2.75, 3.05) is 5.75 Å². The molecule has 0 aromatic rings. The first-order valence-corrected chi connectivity index (χ1v) is 5.86. The van der Waals surface area contributed by atoms with Gasteiger partial charge in [-0.1, -0.05) is 0 Å². The Kier molecular flexibility index (Phi) is 4.45. The van der Waals surface area contributed by atoms with Gasteiger partial charge in [0.2, 0.25) is 5.91 Å². The molecule has 2 heterocycles. The number of carbonyl (C=O) groups excluding carboxylic acids is 1. The number of fused-ring (bicyclic) bond motifs is 1. The minimum Gasteiger partial charge on any atom is -0.477 e. The number of hydrogen-bond acceptors (Lipinski definition) is 4. The predicted molar refractivity (Wildman–Crippen MR) is 57.1 cm³/mol. The summed E-state index contributed by atoms with van der Waals surface area (Å²) in [6, 6.07) is 0. The predicted octanol–water partition coefficient (Wildman–Crippen LogP) is 0.893. The highest BCUT2D eigenvalue weighted by atomic mass is 32.2. The molecule has 10 heteroatoms. The van der Waals surface area contributed by atoms with Crippen LogP contribution in [0.3, 0.4) is 0 Å². The Bertz CT molecular complexity index is 448. The van der Waals surface area contributed by atoms with Crippen molar-refractivity contribution in [3.05, 3.63) is 11.8 Å². The molecule has 2 aliphatic rings. The molecule has 0 radical (unpaired) electrons.